The third kappa shape index (κ3) is 4.84. The van der Waals surface area contributed by atoms with Crippen LogP contribution in [0.1, 0.15) is 47.7 Å². The summed E-state index contributed by atoms with van der Waals surface area (Å²) in [5.74, 6) is 1.20. The van der Waals surface area contributed by atoms with Crippen molar-refractivity contribution in [3.63, 3.8) is 0 Å². The molecule has 6 rings (SSSR count). The predicted octanol–water partition coefficient (Wildman–Crippen LogP) is 4.24. The van der Waals surface area contributed by atoms with Crippen LogP contribution in [0.15, 0.2) is 67.0 Å². The van der Waals surface area contributed by atoms with Crippen LogP contribution in [0.3, 0.4) is 0 Å². The van der Waals surface area contributed by atoms with E-state index >= 15 is 0 Å². The summed E-state index contributed by atoms with van der Waals surface area (Å²) in [5.41, 5.74) is 3.56. The number of carbonyl (C=O) groups is 2. The summed E-state index contributed by atoms with van der Waals surface area (Å²) in [6.07, 6.45) is 6.61. The van der Waals surface area contributed by atoms with Crippen molar-refractivity contribution >= 4 is 17.5 Å². The molecule has 8 nitrogen and oxygen atoms in total. The van der Waals surface area contributed by atoms with Crippen LogP contribution in [0.5, 0.6) is 11.5 Å². The molecule has 3 aliphatic heterocycles. The third-order valence-electron chi connectivity index (χ3n) is 7.91. The lowest BCUT2D eigenvalue weighted by Crippen LogP contribution is -2.45. The van der Waals surface area contributed by atoms with Gasteiger partial charge in [-0.25, -0.2) is 0 Å². The van der Waals surface area contributed by atoms with Crippen LogP contribution in [0.4, 0.5) is 5.69 Å². The maximum atomic E-state index is 14.0. The van der Waals surface area contributed by atoms with Crippen molar-refractivity contribution in [1.82, 2.24) is 14.8 Å². The molecule has 2 unspecified atom stereocenters. The number of hydrogen-bond donors (Lipinski definition) is 0. The van der Waals surface area contributed by atoms with Crippen molar-refractivity contribution in [3.8, 4) is 11.5 Å². The van der Waals surface area contributed by atoms with E-state index in [0.29, 0.717) is 42.7 Å². The average molecular weight is 513 g/mol. The molecule has 3 aliphatic rings. The lowest BCUT2D eigenvalue weighted by atomic mass is 10.1. The second-order valence-electron chi connectivity index (χ2n) is 10.3. The fourth-order valence-corrected chi connectivity index (χ4v) is 6.01. The van der Waals surface area contributed by atoms with Gasteiger partial charge < -0.3 is 19.3 Å². The molecule has 0 aliphatic carbocycles. The predicted molar refractivity (Wildman–Crippen MR) is 143 cm³/mol. The van der Waals surface area contributed by atoms with E-state index in [9.17, 15) is 9.59 Å². The molecule has 0 saturated carbocycles. The highest BCUT2D eigenvalue weighted by atomic mass is 16.7. The topological polar surface area (TPSA) is 75.2 Å². The Morgan fingerprint density at radius 1 is 0.974 bits per heavy atom. The number of rotatable bonds is 3. The van der Waals surface area contributed by atoms with E-state index in [2.05, 4.69) is 16.0 Å². The summed E-state index contributed by atoms with van der Waals surface area (Å²) in [4.78, 5) is 37.5. The van der Waals surface area contributed by atoms with Crippen molar-refractivity contribution < 1.29 is 19.1 Å². The van der Waals surface area contributed by atoms with Gasteiger partial charge in [-0.3, -0.25) is 19.5 Å². The van der Waals surface area contributed by atoms with Gasteiger partial charge in [-0.15, -0.1) is 0 Å². The quantitative estimate of drug-likeness (QED) is 0.523. The Kier molecular flexibility index (Phi) is 6.72. The summed E-state index contributed by atoms with van der Waals surface area (Å²) < 4.78 is 11.0. The number of nitrogens with zero attached hydrogens (tertiary/aromatic N) is 4. The van der Waals surface area contributed by atoms with Gasteiger partial charge >= 0.3 is 0 Å². The fourth-order valence-electron chi connectivity index (χ4n) is 6.01. The number of amides is 2. The van der Waals surface area contributed by atoms with Gasteiger partial charge in [0.25, 0.3) is 5.91 Å². The number of aromatic nitrogens is 1. The number of fused-ring (bicyclic) bond motifs is 4. The molecule has 38 heavy (non-hydrogen) atoms. The molecular formula is C30H32N4O4. The largest absolute Gasteiger partial charge is 0.454 e. The molecule has 2 amide bonds. The van der Waals surface area contributed by atoms with Gasteiger partial charge in [0.15, 0.2) is 11.5 Å². The lowest BCUT2D eigenvalue weighted by molar-refractivity contribution is -0.116. The van der Waals surface area contributed by atoms with Gasteiger partial charge in [0.05, 0.1) is 0 Å². The second kappa shape index (κ2) is 10.5. The molecule has 8 heteroatoms. The van der Waals surface area contributed by atoms with Gasteiger partial charge in [-0.2, -0.15) is 0 Å². The minimum absolute atomic E-state index is 0.0127. The molecule has 2 aromatic carbocycles. The molecular weight excluding hydrogens is 480 g/mol. The van der Waals surface area contributed by atoms with E-state index in [0.717, 1.165) is 42.6 Å². The van der Waals surface area contributed by atoms with E-state index in [4.69, 9.17) is 9.47 Å². The van der Waals surface area contributed by atoms with Crippen LogP contribution in [0.2, 0.25) is 0 Å². The molecule has 3 aromatic rings. The Balaban J connectivity index is 1.38. The molecule has 196 valence electrons. The Bertz CT molecular complexity index is 1330. The van der Waals surface area contributed by atoms with Crippen LogP contribution in [0.25, 0.3) is 0 Å². The number of para-hydroxylation sites is 1. The van der Waals surface area contributed by atoms with E-state index < -0.39 is 0 Å². The second-order valence-corrected chi connectivity index (χ2v) is 10.3. The number of carbonyl (C=O) groups excluding carboxylic acids is 2. The highest BCUT2D eigenvalue weighted by Crippen LogP contribution is 2.35. The summed E-state index contributed by atoms with van der Waals surface area (Å²) in [7, 11) is 0. The molecule has 1 saturated heterocycles. The van der Waals surface area contributed by atoms with Gasteiger partial charge in [0.1, 0.15) is 0 Å². The zero-order chi connectivity index (χ0) is 26.1. The number of anilines is 1. The molecule has 1 fully saturated rings. The van der Waals surface area contributed by atoms with Gasteiger partial charge in [-0.05, 0) is 60.7 Å². The highest BCUT2D eigenvalue weighted by Gasteiger charge is 2.37. The first-order chi connectivity index (χ1) is 18.6. The van der Waals surface area contributed by atoms with E-state index in [-0.39, 0.29) is 24.6 Å². The van der Waals surface area contributed by atoms with Crippen LogP contribution in [0, 0.1) is 0 Å². The van der Waals surface area contributed by atoms with Crippen LogP contribution in [-0.2, 0) is 17.9 Å². The third-order valence-corrected chi connectivity index (χ3v) is 7.91. The standard InChI is InChI=1S/C30H32N4O4/c1-21(35)33-14-12-25-9-10-26(34(25)17-22-5-4-13-31-16-22)19-32(18-24-6-2-3-7-27(24)33)30(36)23-8-11-28-29(15-23)38-20-37-28/h2-8,11,13,15-16,25-26H,9-10,12,14,17-20H2,1H3. The van der Waals surface area contributed by atoms with E-state index in [1.165, 1.54) is 0 Å². The van der Waals surface area contributed by atoms with Gasteiger partial charge in [0, 0.05) is 68.8 Å². The summed E-state index contributed by atoms with van der Waals surface area (Å²) in [6.45, 7) is 4.20. The number of ether oxygens (including phenoxy) is 2. The van der Waals surface area contributed by atoms with Gasteiger partial charge in [-0.1, -0.05) is 24.3 Å². The zero-order valence-electron chi connectivity index (χ0n) is 21.6. The van der Waals surface area contributed by atoms with Crippen molar-refractivity contribution in [2.75, 3.05) is 24.8 Å². The molecule has 2 bridgehead atoms. The summed E-state index contributed by atoms with van der Waals surface area (Å²) in [6, 6.07) is 17.9. The van der Waals surface area contributed by atoms with Crippen molar-refractivity contribution in [1.29, 1.82) is 0 Å². The number of hydrogen-bond acceptors (Lipinski definition) is 6. The monoisotopic (exact) mass is 512 g/mol. The van der Waals surface area contributed by atoms with E-state index in [1.54, 1.807) is 31.3 Å². The molecule has 0 spiro atoms. The van der Waals surface area contributed by atoms with Crippen LogP contribution >= 0.6 is 0 Å². The Labute approximate surface area is 222 Å². The first-order valence-corrected chi connectivity index (χ1v) is 13.3. The molecule has 2 atom stereocenters. The summed E-state index contributed by atoms with van der Waals surface area (Å²) >= 11 is 0. The minimum atomic E-state index is -0.0588. The number of pyridine rings is 1. The first kappa shape index (κ1) is 24.4. The zero-order valence-corrected chi connectivity index (χ0v) is 21.6. The lowest BCUT2D eigenvalue weighted by Gasteiger charge is -2.34. The minimum Gasteiger partial charge on any atom is -0.454 e. The van der Waals surface area contributed by atoms with Gasteiger partial charge in [0.2, 0.25) is 12.7 Å². The normalized spacial score (nSPS) is 21.1. The van der Waals surface area contributed by atoms with Crippen LogP contribution < -0.4 is 14.4 Å². The molecule has 0 N–H and O–H groups in total. The maximum absolute atomic E-state index is 14.0. The fraction of sp³-hybridized carbons (Fsp3) is 0.367. The molecule has 0 radical (unpaired) electrons. The highest BCUT2D eigenvalue weighted by molar-refractivity contribution is 5.95. The molecule has 1 aromatic heterocycles. The Morgan fingerprint density at radius 2 is 1.82 bits per heavy atom. The smallest absolute Gasteiger partial charge is 0.254 e. The van der Waals surface area contributed by atoms with Crippen molar-refractivity contribution in [3.05, 3.63) is 83.7 Å². The van der Waals surface area contributed by atoms with Crippen molar-refractivity contribution in [2.24, 2.45) is 0 Å². The Hall–Kier alpha value is -3.91. The summed E-state index contributed by atoms with van der Waals surface area (Å²) in [5, 5.41) is 0. The SMILES string of the molecule is CC(=O)N1CCC2CCC(CN(C(=O)c3ccc4c(c3)OCO4)Cc3ccccc31)N2Cc1cccnc1. The van der Waals surface area contributed by atoms with Crippen molar-refractivity contribution in [2.45, 2.75) is 51.4 Å². The van der Waals surface area contributed by atoms with Crippen LogP contribution in [-0.4, -0.2) is 58.6 Å². The average Bonchev–Trinajstić information content (AvgIpc) is 3.55. The Morgan fingerprint density at radius 3 is 2.66 bits per heavy atom. The maximum Gasteiger partial charge on any atom is 0.254 e. The van der Waals surface area contributed by atoms with E-state index in [1.807, 2.05) is 46.3 Å². The molecule has 4 heterocycles. The number of benzene rings is 2. The first-order valence-electron chi connectivity index (χ1n) is 13.3.